The standard InChI is InChI=1S/C21H22ClN3O3S/c1-5-9-25-20(15-11-17(26-2)19(28-4)18(12-15)27-3)23-24-21(25)29-13-14-7-6-8-16(22)10-14/h5-8,10-12H,1,9,13H2,2-4H3. The van der Waals surface area contributed by atoms with Crippen LogP contribution in [0, 0.1) is 0 Å². The lowest BCUT2D eigenvalue weighted by Crippen LogP contribution is -2.02. The van der Waals surface area contributed by atoms with E-state index < -0.39 is 0 Å². The zero-order chi connectivity index (χ0) is 20.8. The van der Waals surface area contributed by atoms with Gasteiger partial charge in [-0.05, 0) is 29.8 Å². The molecule has 152 valence electrons. The fraction of sp³-hybridized carbons (Fsp3) is 0.238. The van der Waals surface area contributed by atoms with Crippen molar-refractivity contribution in [3.8, 4) is 28.6 Å². The minimum atomic E-state index is 0.532. The molecule has 3 rings (SSSR count). The lowest BCUT2D eigenvalue weighted by molar-refractivity contribution is 0.324. The molecule has 0 atom stereocenters. The van der Waals surface area contributed by atoms with E-state index in [0.717, 1.165) is 22.0 Å². The Bertz CT molecular complexity index is 982. The molecule has 0 spiro atoms. The van der Waals surface area contributed by atoms with Crippen LogP contribution in [0.4, 0.5) is 0 Å². The summed E-state index contributed by atoms with van der Waals surface area (Å²) >= 11 is 7.67. The highest BCUT2D eigenvalue weighted by Crippen LogP contribution is 2.41. The second-order valence-electron chi connectivity index (χ2n) is 6.04. The first-order valence-electron chi connectivity index (χ1n) is 8.83. The van der Waals surface area contributed by atoms with Crippen LogP contribution in [-0.4, -0.2) is 36.1 Å². The zero-order valence-corrected chi connectivity index (χ0v) is 18.1. The number of aromatic nitrogens is 3. The maximum absolute atomic E-state index is 6.08. The number of thioether (sulfide) groups is 1. The highest BCUT2D eigenvalue weighted by Gasteiger charge is 2.19. The van der Waals surface area contributed by atoms with Crippen molar-refractivity contribution in [1.82, 2.24) is 14.8 Å². The first-order valence-corrected chi connectivity index (χ1v) is 10.2. The van der Waals surface area contributed by atoms with E-state index in [1.807, 2.05) is 47.0 Å². The van der Waals surface area contributed by atoms with E-state index in [4.69, 9.17) is 25.8 Å². The second-order valence-corrected chi connectivity index (χ2v) is 7.42. The quantitative estimate of drug-likeness (QED) is 0.347. The number of benzene rings is 2. The summed E-state index contributed by atoms with van der Waals surface area (Å²) in [4.78, 5) is 0. The summed E-state index contributed by atoms with van der Waals surface area (Å²) in [5.74, 6) is 3.07. The van der Waals surface area contributed by atoms with Crippen LogP contribution in [0.5, 0.6) is 17.2 Å². The number of nitrogens with zero attached hydrogens (tertiary/aromatic N) is 3. The van der Waals surface area contributed by atoms with Crippen LogP contribution in [0.15, 0.2) is 54.2 Å². The minimum Gasteiger partial charge on any atom is -0.493 e. The van der Waals surface area contributed by atoms with Crippen molar-refractivity contribution < 1.29 is 14.2 Å². The third-order valence-electron chi connectivity index (χ3n) is 4.21. The molecular weight excluding hydrogens is 410 g/mol. The number of rotatable bonds is 9. The van der Waals surface area contributed by atoms with Gasteiger partial charge in [-0.3, -0.25) is 4.57 Å². The molecule has 0 radical (unpaired) electrons. The molecule has 0 bridgehead atoms. The van der Waals surface area contributed by atoms with E-state index in [9.17, 15) is 0 Å². The predicted octanol–water partition coefficient (Wildman–Crippen LogP) is 5.10. The van der Waals surface area contributed by atoms with Gasteiger partial charge in [0.2, 0.25) is 5.75 Å². The Morgan fingerprint density at radius 1 is 1.07 bits per heavy atom. The molecule has 0 unspecified atom stereocenters. The zero-order valence-electron chi connectivity index (χ0n) is 16.5. The van der Waals surface area contributed by atoms with Gasteiger partial charge in [0, 0.05) is 22.9 Å². The third kappa shape index (κ3) is 4.68. The van der Waals surface area contributed by atoms with Crippen molar-refractivity contribution in [3.05, 3.63) is 59.6 Å². The monoisotopic (exact) mass is 431 g/mol. The Morgan fingerprint density at radius 3 is 2.38 bits per heavy atom. The van der Waals surface area contributed by atoms with Crippen molar-refractivity contribution in [2.24, 2.45) is 0 Å². The molecule has 2 aromatic carbocycles. The number of methoxy groups -OCH3 is 3. The van der Waals surface area contributed by atoms with Crippen LogP contribution in [0.3, 0.4) is 0 Å². The lowest BCUT2D eigenvalue weighted by Gasteiger charge is -2.14. The van der Waals surface area contributed by atoms with Gasteiger partial charge in [0.15, 0.2) is 22.5 Å². The van der Waals surface area contributed by atoms with Crippen molar-refractivity contribution in [1.29, 1.82) is 0 Å². The summed E-state index contributed by atoms with van der Waals surface area (Å²) in [5, 5.41) is 10.3. The summed E-state index contributed by atoms with van der Waals surface area (Å²) in [5.41, 5.74) is 1.92. The van der Waals surface area contributed by atoms with Crippen molar-refractivity contribution in [2.75, 3.05) is 21.3 Å². The number of halogens is 1. The first-order chi connectivity index (χ1) is 14.1. The van der Waals surface area contributed by atoms with Gasteiger partial charge >= 0.3 is 0 Å². The molecule has 8 heteroatoms. The maximum Gasteiger partial charge on any atom is 0.203 e. The van der Waals surface area contributed by atoms with Gasteiger partial charge in [-0.15, -0.1) is 16.8 Å². The molecule has 0 aliphatic heterocycles. The Labute approximate surface area is 179 Å². The highest BCUT2D eigenvalue weighted by atomic mass is 35.5. The Morgan fingerprint density at radius 2 is 1.79 bits per heavy atom. The molecule has 3 aromatic rings. The molecule has 0 aliphatic carbocycles. The summed E-state index contributed by atoms with van der Waals surface area (Å²) < 4.78 is 18.3. The largest absolute Gasteiger partial charge is 0.493 e. The van der Waals surface area contributed by atoms with Gasteiger partial charge < -0.3 is 14.2 Å². The molecule has 1 aromatic heterocycles. The molecule has 0 amide bonds. The van der Waals surface area contributed by atoms with Crippen molar-refractivity contribution >= 4 is 23.4 Å². The first kappa shape index (κ1) is 21.1. The second kappa shape index (κ2) is 9.71. The Balaban J connectivity index is 1.97. The molecule has 6 nitrogen and oxygen atoms in total. The molecule has 0 fully saturated rings. The number of hydrogen-bond donors (Lipinski definition) is 0. The van der Waals surface area contributed by atoms with Gasteiger partial charge in [0.25, 0.3) is 0 Å². The molecule has 0 aliphatic rings. The van der Waals surface area contributed by atoms with Crippen LogP contribution in [0.1, 0.15) is 5.56 Å². The lowest BCUT2D eigenvalue weighted by atomic mass is 10.1. The fourth-order valence-corrected chi connectivity index (χ4v) is 3.99. The Hall–Kier alpha value is -2.64. The predicted molar refractivity (Wildman–Crippen MR) is 116 cm³/mol. The van der Waals surface area contributed by atoms with E-state index in [1.165, 1.54) is 0 Å². The SMILES string of the molecule is C=CCn1c(SCc2cccc(Cl)c2)nnc1-c1cc(OC)c(OC)c(OC)c1. The van der Waals surface area contributed by atoms with Crippen LogP contribution >= 0.6 is 23.4 Å². The van der Waals surface area contributed by atoms with Crippen LogP contribution in [0.25, 0.3) is 11.4 Å². The molecule has 0 saturated heterocycles. The molecule has 0 saturated carbocycles. The summed E-state index contributed by atoms with van der Waals surface area (Å²) in [6.45, 7) is 4.43. The Kier molecular flexibility index (Phi) is 7.06. The van der Waals surface area contributed by atoms with E-state index >= 15 is 0 Å². The normalized spacial score (nSPS) is 10.6. The van der Waals surface area contributed by atoms with Crippen LogP contribution in [0.2, 0.25) is 5.02 Å². The van der Waals surface area contributed by atoms with E-state index in [0.29, 0.717) is 34.6 Å². The molecule has 1 heterocycles. The smallest absolute Gasteiger partial charge is 0.203 e. The number of allylic oxidation sites excluding steroid dienone is 1. The van der Waals surface area contributed by atoms with Gasteiger partial charge in [-0.2, -0.15) is 0 Å². The van der Waals surface area contributed by atoms with Crippen molar-refractivity contribution in [2.45, 2.75) is 17.5 Å². The van der Waals surface area contributed by atoms with Crippen LogP contribution < -0.4 is 14.2 Å². The summed E-state index contributed by atoms with van der Waals surface area (Å²) in [7, 11) is 4.74. The molecular formula is C21H22ClN3O3S. The highest BCUT2D eigenvalue weighted by molar-refractivity contribution is 7.98. The van der Waals surface area contributed by atoms with E-state index in [-0.39, 0.29) is 0 Å². The fourth-order valence-electron chi connectivity index (χ4n) is 2.89. The topological polar surface area (TPSA) is 58.4 Å². The van der Waals surface area contributed by atoms with Gasteiger partial charge in [0.1, 0.15) is 0 Å². The van der Waals surface area contributed by atoms with E-state index in [1.54, 1.807) is 33.1 Å². The van der Waals surface area contributed by atoms with Gasteiger partial charge in [-0.25, -0.2) is 0 Å². The maximum atomic E-state index is 6.08. The van der Waals surface area contributed by atoms with Gasteiger partial charge in [0.05, 0.1) is 21.3 Å². The summed E-state index contributed by atoms with van der Waals surface area (Å²) in [6.07, 6.45) is 1.81. The van der Waals surface area contributed by atoms with Crippen LogP contribution in [-0.2, 0) is 12.3 Å². The number of ether oxygens (including phenoxy) is 3. The minimum absolute atomic E-state index is 0.532. The van der Waals surface area contributed by atoms with Crippen molar-refractivity contribution in [3.63, 3.8) is 0 Å². The average molecular weight is 432 g/mol. The summed E-state index contributed by atoms with van der Waals surface area (Å²) in [6, 6.07) is 11.5. The third-order valence-corrected chi connectivity index (χ3v) is 5.48. The average Bonchev–Trinajstić information content (AvgIpc) is 3.14. The number of hydrogen-bond acceptors (Lipinski definition) is 6. The van der Waals surface area contributed by atoms with E-state index in [2.05, 4.69) is 16.8 Å². The van der Waals surface area contributed by atoms with Gasteiger partial charge in [-0.1, -0.05) is 41.6 Å². The molecule has 29 heavy (non-hydrogen) atoms. The molecule has 0 N–H and O–H groups in total.